The molecule has 1 rings (SSSR count). The van der Waals surface area contributed by atoms with Gasteiger partial charge in [0.25, 0.3) is 0 Å². The molecule has 1 fully saturated rings. The van der Waals surface area contributed by atoms with Crippen LogP contribution in [-0.4, -0.2) is 35.6 Å². The van der Waals surface area contributed by atoms with E-state index in [9.17, 15) is 9.59 Å². The fraction of sp³-hybridized carbons (Fsp3) is 0.833. The van der Waals surface area contributed by atoms with Crippen LogP contribution in [0, 0.1) is 5.92 Å². The molecule has 1 saturated heterocycles. The molecule has 0 aromatic rings. The van der Waals surface area contributed by atoms with E-state index in [2.05, 4.69) is 10.6 Å². The molecule has 0 radical (unpaired) electrons. The van der Waals surface area contributed by atoms with Crippen molar-refractivity contribution in [1.29, 1.82) is 0 Å². The molecule has 3 N–H and O–H groups in total. The molecule has 0 spiro atoms. The molecular weight excluding hydrogens is 220 g/mol. The number of hydrogen-bond donors (Lipinski definition) is 3. The maximum Gasteiger partial charge on any atom is 0.326 e. The first-order chi connectivity index (χ1) is 8.06. The first kappa shape index (κ1) is 14.0. The van der Waals surface area contributed by atoms with Crippen LogP contribution in [0.1, 0.15) is 39.5 Å². The van der Waals surface area contributed by atoms with Crippen LogP contribution in [-0.2, 0) is 9.59 Å². The molecule has 98 valence electrons. The molecule has 0 saturated carbocycles. The van der Waals surface area contributed by atoms with Crippen molar-refractivity contribution in [2.45, 2.75) is 51.6 Å². The Labute approximate surface area is 102 Å². The molecule has 5 heteroatoms. The Morgan fingerprint density at radius 2 is 2.18 bits per heavy atom. The van der Waals surface area contributed by atoms with Gasteiger partial charge in [-0.05, 0) is 25.3 Å². The highest BCUT2D eigenvalue weighted by Crippen LogP contribution is 2.11. The Bertz CT molecular complexity index is 275. The number of aliphatic carboxylic acids is 1. The summed E-state index contributed by atoms with van der Waals surface area (Å²) in [7, 11) is 0. The average molecular weight is 242 g/mol. The van der Waals surface area contributed by atoms with Crippen LogP contribution in [0.4, 0.5) is 0 Å². The Balaban J connectivity index is 2.53. The highest BCUT2D eigenvalue weighted by molar-refractivity contribution is 5.87. The second-order valence-electron chi connectivity index (χ2n) is 4.71. The fourth-order valence-electron chi connectivity index (χ4n) is 2.01. The van der Waals surface area contributed by atoms with Crippen LogP contribution < -0.4 is 10.6 Å². The van der Waals surface area contributed by atoms with E-state index in [-0.39, 0.29) is 17.9 Å². The molecule has 1 heterocycles. The normalized spacial score (nSPS) is 23.8. The molecule has 5 nitrogen and oxygen atoms in total. The molecule has 2 unspecified atom stereocenters. The predicted molar refractivity (Wildman–Crippen MR) is 64.7 cm³/mol. The zero-order chi connectivity index (χ0) is 12.8. The van der Waals surface area contributed by atoms with Gasteiger partial charge in [0.15, 0.2) is 0 Å². The molecule has 0 aromatic heterocycles. The maximum atomic E-state index is 11.9. The van der Waals surface area contributed by atoms with Crippen molar-refractivity contribution in [3.63, 3.8) is 0 Å². The number of carbonyl (C=O) groups excluding carboxylic acids is 1. The maximum absolute atomic E-state index is 11.9. The summed E-state index contributed by atoms with van der Waals surface area (Å²) in [6.45, 7) is 4.60. The summed E-state index contributed by atoms with van der Waals surface area (Å²) in [6.07, 6.45) is 3.62. The van der Waals surface area contributed by atoms with E-state index in [0.717, 1.165) is 32.2 Å². The molecule has 0 aliphatic carbocycles. The van der Waals surface area contributed by atoms with Crippen LogP contribution in [0.5, 0.6) is 0 Å². The van der Waals surface area contributed by atoms with Gasteiger partial charge >= 0.3 is 5.97 Å². The van der Waals surface area contributed by atoms with Gasteiger partial charge in [0.05, 0.1) is 6.04 Å². The number of carbonyl (C=O) groups is 2. The summed E-state index contributed by atoms with van der Waals surface area (Å²) in [6, 6.07) is -1.01. The van der Waals surface area contributed by atoms with Crippen LogP contribution in [0.25, 0.3) is 0 Å². The molecule has 1 aliphatic rings. The summed E-state index contributed by atoms with van der Waals surface area (Å²) >= 11 is 0. The lowest BCUT2D eigenvalue weighted by molar-refractivity contribution is -0.143. The van der Waals surface area contributed by atoms with Crippen LogP contribution >= 0.6 is 0 Å². The van der Waals surface area contributed by atoms with Crippen molar-refractivity contribution in [3.8, 4) is 0 Å². The minimum atomic E-state index is -0.955. The summed E-state index contributed by atoms with van der Waals surface area (Å²) in [4.78, 5) is 23.0. The standard InChI is InChI=1S/C12H22N2O3/c1-3-8(2)10(12(16)17)14-11(15)9-6-4-5-7-13-9/h8-10,13H,3-7H2,1-2H3,(H,14,15)(H,16,17)/t8?,9?,10-/m0/s1. The van der Waals surface area contributed by atoms with Crippen LogP contribution in [0.2, 0.25) is 0 Å². The number of amides is 1. The van der Waals surface area contributed by atoms with E-state index in [1.54, 1.807) is 0 Å². The highest BCUT2D eigenvalue weighted by Gasteiger charge is 2.29. The summed E-state index contributed by atoms with van der Waals surface area (Å²) in [5, 5.41) is 14.8. The SMILES string of the molecule is CCC(C)[C@H](NC(=O)C1CCCCN1)C(=O)O. The quantitative estimate of drug-likeness (QED) is 0.664. The number of nitrogens with one attached hydrogen (secondary N) is 2. The van der Waals surface area contributed by atoms with Crippen LogP contribution in [0.3, 0.4) is 0 Å². The average Bonchev–Trinajstić information content (AvgIpc) is 2.35. The first-order valence-corrected chi connectivity index (χ1v) is 6.32. The smallest absolute Gasteiger partial charge is 0.326 e. The number of carboxylic acid groups (broad SMARTS) is 1. The number of piperidine rings is 1. The third-order valence-electron chi connectivity index (χ3n) is 3.40. The molecule has 1 aliphatic heterocycles. The number of hydrogen-bond acceptors (Lipinski definition) is 3. The molecule has 1 amide bonds. The third-order valence-corrected chi connectivity index (χ3v) is 3.40. The summed E-state index contributed by atoms with van der Waals surface area (Å²) in [5.74, 6) is -1.19. The number of carboxylic acids is 1. The topological polar surface area (TPSA) is 78.4 Å². The van der Waals surface area contributed by atoms with E-state index in [1.165, 1.54) is 0 Å². The van der Waals surface area contributed by atoms with Gasteiger partial charge in [-0.2, -0.15) is 0 Å². The van der Waals surface area contributed by atoms with Gasteiger partial charge in [0.1, 0.15) is 6.04 Å². The van der Waals surface area contributed by atoms with Gasteiger partial charge in [0.2, 0.25) is 5.91 Å². The van der Waals surface area contributed by atoms with Crippen molar-refractivity contribution < 1.29 is 14.7 Å². The zero-order valence-electron chi connectivity index (χ0n) is 10.5. The van der Waals surface area contributed by atoms with Crippen molar-refractivity contribution in [2.75, 3.05) is 6.54 Å². The van der Waals surface area contributed by atoms with Gasteiger partial charge in [-0.3, -0.25) is 4.79 Å². The molecule has 0 bridgehead atoms. The van der Waals surface area contributed by atoms with E-state index in [1.807, 2.05) is 13.8 Å². The lowest BCUT2D eigenvalue weighted by Gasteiger charge is -2.26. The van der Waals surface area contributed by atoms with E-state index in [4.69, 9.17) is 5.11 Å². The van der Waals surface area contributed by atoms with Gasteiger partial charge < -0.3 is 15.7 Å². The Morgan fingerprint density at radius 1 is 1.47 bits per heavy atom. The van der Waals surface area contributed by atoms with E-state index in [0.29, 0.717) is 0 Å². The van der Waals surface area contributed by atoms with Gasteiger partial charge in [0, 0.05) is 0 Å². The van der Waals surface area contributed by atoms with Gasteiger partial charge in [-0.1, -0.05) is 26.7 Å². The second kappa shape index (κ2) is 6.59. The first-order valence-electron chi connectivity index (χ1n) is 6.32. The monoisotopic (exact) mass is 242 g/mol. The minimum Gasteiger partial charge on any atom is -0.480 e. The Hall–Kier alpha value is -1.10. The van der Waals surface area contributed by atoms with E-state index < -0.39 is 12.0 Å². The van der Waals surface area contributed by atoms with Crippen molar-refractivity contribution in [1.82, 2.24) is 10.6 Å². The van der Waals surface area contributed by atoms with Crippen molar-refractivity contribution in [3.05, 3.63) is 0 Å². The predicted octanol–water partition coefficient (Wildman–Crippen LogP) is 0.744. The lowest BCUT2D eigenvalue weighted by Crippen LogP contribution is -2.53. The Kier molecular flexibility index (Phi) is 5.41. The lowest BCUT2D eigenvalue weighted by atomic mass is 9.98. The van der Waals surface area contributed by atoms with Crippen molar-refractivity contribution in [2.24, 2.45) is 5.92 Å². The minimum absolute atomic E-state index is 0.0555. The van der Waals surface area contributed by atoms with E-state index >= 15 is 0 Å². The van der Waals surface area contributed by atoms with Crippen molar-refractivity contribution >= 4 is 11.9 Å². The largest absolute Gasteiger partial charge is 0.480 e. The molecule has 17 heavy (non-hydrogen) atoms. The number of rotatable bonds is 5. The fourth-order valence-corrected chi connectivity index (χ4v) is 2.01. The third kappa shape index (κ3) is 4.00. The van der Waals surface area contributed by atoms with Gasteiger partial charge in [-0.25, -0.2) is 4.79 Å². The Morgan fingerprint density at radius 3 is 2.65 bits per heavy atom. The summed E-state index contributed by atoms with van der Waals surface area (Å²) < 4.78 is 0. The molecular formula is C12H22N2O3. The summed E-state index contributed by atoms with van der Waals surface area (Å²) in [5.41, 5.74) is 0. The highest BCUT2D eigenvalue weighted by atomic mass is 16.4. The van der Waals surface area contributed by atoms with Crippen LogP contribution in [0.15, 0.2) is 0 Å². The zero-order valence-corrected chi connectivity index (χ0v) is 10.5. The molecule has 0 aromatic carbocycles. The molecule has 3 atom stereocenters. The second-order valence-corrected chi connectivity index (χ2v) is 4.71. The van der Waals surface area contributed by atoms with Gasteiger partial charge in [-0.15, -0.1) is 0 Å².